The van der Waals surface area contributed by atoms with Gasteiger partial charge in [0.15, 0.2) is 11.5 Å². The Morgan fingerprint density at radius 3 is 2.69 bits per heavy atom. The van der Waals surface area contributed by atoms with Crippen LogP contribution in [0.5, 0.6) is 11.5 Å². The van der Waals surface area contributed by atoms with Crippen molar-refractivity contribution in [3.8, 4) is 11.5 Å². The summed E-state index contributed by atoms with van der Waals surface area (Å²) in [7, 11) is 3.17. The van der Waals surface area contributed by atoms with Gasteiger partial charge >= 0.3 is 0 Å². The molecule has 2 aromatic carbocycles. The van der Waals surface area contributed by atoms with Crippen molar-refractivity contribution < 1.29 is 19.1 Å². The highest BCUT2D eigenvalue weighted by Crippen LogP contribution is 2.35. The summed E-state index contributed by atoms with van der Waals surface area (Å²) < 4.78 is 11.2. The lowest BCUT2D eigenvalue weighted by Crippen LogP contribution is -2.35. The Morgan fingerprint density at radius 1 is 1.09 bits per heavy atom. The van der Waals surface area contributed by atoms with Crippen LogP contribution >= 0.6 is 24.0 Å². The maximum absolute atomic E-state index is 12.9. The molecule has 2 aromatic rings. The number of carbonyl (C=O) groups excluding carboxylic acids is 2. The minimum Gasteiger partial charge on any atom is -0.493 e. The number of methoxy groups -OCH3 is 2. The predicted octanol–water partition coefficient (Wildman–Crippen LogP) is 5.44. The molecule has 6 nitrogen and oxygen atoms in total. The third kappa shape index (κ3) is 5.87. The summed E-state index contributed by atoms with van der Waals surface area (Å²) in [6.07, 6.45) is 6.86. The SMILES string of the molecule is COc1ccc(C=C2SC(=S)N(CCCCCC(=O)N3CCCc4ccccc43)C2=O)cc1OC. The van der Waals surface area contributed by atoms with Gasteiger partial charge < -0.3 is 14.4 Å². The number of thiocarbonyl (C=S) groups is 1. The second-order valence-electron chi connectivity index (χ2n) is 8.54. The van der Waals surface area contributed by atoms with Gasteiger partial charge in [-0.15, -0.1) is 0 Å². The lowest BCUT2D eigenvalue weighted by molar-refractivity contribution is -0.122. The minimum atomic E-state index is -0.0733. The van der Waals surface area contributed by atoms with Gasteiger partial charge in [-0.3, -0.25) is 14.5 Å². The highest BCUT2D eigenvalue weighted by atomic mass is 32.2. The molecule has 35 heavy (non-hydrogen) atoms. The van der Waals surface area contributed by atoms with E-state index in [1.807, 2.05) is 47.4 Å². The number of aryl methyl sites for hydroxylation is 1. The molecule has 0 saturated carbocycles. The topological polar surface area (TPSA) is 59.1 Å². The smallest absolute Gasteiger partial charge is 0.266 e. The van der Waals surface area contributed by atoms with Crippen LogP contribution in [0.2, 0.25) is 0 Å². The molecule has 0 radical (unpaired) electrons. The minimum absolute atomic E-state index is 0.0733. The van der Waals surface area contributed by atoms with Crippen molar-refractivity contribution in [1.82, 2.24) is 4.90 Å². The summed E-state index contributed by atoms with van der Waals surface area (Å²) in [4.78, 5) is 29.9. The van der Waals surface area contributed by atoms with Gasteiger partial charge in [-0.2, -0.15) is 0 Å². The number of fused-ring (bicyclic) bond motifs is 1. The Hall–Kier alpha value is -2.84. The van der Waals surface area contributed by atoms with E-state index >= 15 is 0 Å². The second-order valence-corrected chi connectivity index (χ2v) is 10.2. The van der Waals surface area contributed by atoms with E-state index in [1.54, 1.807) is 19.1 Å². The Bertz CT molecular complexity index is 1150. The first-order chi connectivity index (χ1) is 17.0. The fraction of sp³-hybridized carbons (Fsp3) is 0.370. The van der Waals surface area contributed by atoms with Crippen molar-refractivity contribution >= 4 is 51.9 Å². The van der Waals surface area contributed by atoms with Crippen LogP contribution in [-0.4, -0.2) is 48.3 Å². The first kappa shape index (κ1) is 25.3. The second kappa shape index (κ2) is 11.7. The molecule has 2 aliphatic heterocycles. The third-order valence-corrected chi connectivity index (χ3v) is 7.64. The Morgan fingerprint density at radius 2 is 1.89 bits per heavy atom. The van der Waals surface area contributed by atoms with Gasteiger partial charge in [0.2, 0.25) is 5.91 Å². The molecule has 2 heterocycles. The van der Waals surface area contributed by atoms with Crippen LogP contribution in [0.15, 0.2) is 47.4 Å². The number of ether oxygens (including phenoxy) is 2. The molecule has 2 aliphatic rings. The van der Waals surface area contributed by atoms with Gasteiger partial charge in [0, 0.05) is 25.2 Å². The first-order valence-electron chi connectivity index (χ1n) is 11.9. The largest absolute Gasteiger partial charge is 0.493 e. The number of hydrogen-bond donors (Lipinski definition) is 0. The normalized spacial score (nSPS) is 16.6. The van der Waals surface area contributed by atoms with Crippen molar-refractivity contribution in [2.75, 3.05) is 32.2 Å². The molecular weight excluding hydrogens is 480 g/mol. The number of amides is 2. The number of unbranched alkanes of at least 4 members (excludes halogenated alkanes) is 2. The number of rotatable bonds is 9. The number of nitrogens with zero attached hydrogens (tertiary/aromatic N) is 2. The Labute approximate surface area is 216 Å². The summed E-state index contributed by atoms with van der Waals surface area (Å²) >= 11 is 6.78. The third-order valence-electron chi connectivity index (χ3n) is 6.26. The number of para-hydroxylation sites is 1. The number of carbonyl (C=O) groups is 2. The van der Waals surface area contributed by atoms with Gasteiger partial charge in [-0.05, 0) is 61.1 Å². The van der Waals surface area contributed by atoms with Crippen LogP contribution in [0.25, 0.3) is 6.08 Å². The maximum Gasteiger partial charge on any atom is 0.266 e. The Balaban J connectivity index is 1.26. The standard InChI is InChI=1S/C27H30N2O4S2/c1-32-22-14-13-19(17-23(22)33-2)18-24-26(31)29(27(34)35-24)15-7-3-4-12-25(30)28-16-8-10-20-9-5-6-11-21(20)28/h5-6,9,11,13-14,17-18H,3-4,7-8,10,12,15-16H2,1-2H3. The van der Waals surface area contributed by atoms with Crippen LogP contribution in [0.4, 0.5) is 5.69 Å². The van der Waals surface area contributed by atoms with Gasteiger partial charge in [-0.25, -0.2) is 0 Å². The molecule has 1 saturated heterocycles. The van der Waals surface area contributed by atoms with Crippen LogP contribution in [0, 0.1) is 0 Å². The van der Waals surface area contributed by atoms with Crippen molar-refractivity contribution in [2.24, 2.45) is 0 Å². The molecule has 2 amide bonds. The lowest BCUT2D eigenvalue weighted by Gasteiger charge is -2.29. The molecule has 0 aliphatic carbocycles. The van der Waals surface area contributed by atoms with Crippen molar-refractivity contribution in [3.05, 3.63) is 58.5 Å². The van der Waals surface area contributed by atoms with E-state index in [0.717, 1.165) is 49.9 Å². The predicted molar refractivity (Wildman–Crippen MR) is 145 cm³/mol. The quantitative estimate of drug-likeness (QED) is 0.254. The highest BCUT2D eigenvalue weighted by Gasteiger charge is 2.31. The lowest BCUT2D eigenvalue weighted by atomic mass is 10.0. The zero-order valence-electron chi connectivity index (χ0n) is 20.1. The van der Waals surface area contributed by atoms with Crippen LogP contribution in [0.3, 0.4) is 0 Å². The molecule has 1 fully saturated rings. The zero-order chi connectivity index (χ0) is 24.8. The summed E-state index contributed by atoms with van der Waals surface area (Å²) in [6, 6.07) is 13.7. The van der Waals surface area contributed by atoms with Crippen LogP contribution in [-0.2, 0) is 16.0 Å². The summed E-state index contributed by atoms with van der Waals surface area (Å²) in [5.41, 5.74) is 3.16. The van der Waals surface area contributed by atoms with E-state index in [4.69, 9.17) is 21.7 Å². The van der Waals surface area contributed by atoms with E-state index in [-0.39, 0.29) is 11.8 Å². The number of hydrogen-bond acceptors (Lipinski definition) is 6. The van der Waals surface area contributed by atoms with E-state index in [2.05, 4.69) is 6.07 Å². The molecule has 8 heteroatoms. The Kier molecular flexibility index (Phi) is 8.46. The fourth-order valence-corrected chi connectivity index (χ4v) is 5.75. The molecule has 0 N–H and O–H groups in total. The van der Waals surface area contributed by atoms with E-state index in [0.29, 0.717) is 33.7 Å². The fourth-order valence-electron chi connectivity index (χ4n) is 4.44. The molecule has 0 aromatic heterocycles. The van der Waals surface area contributed by atoms with E-state index in [9.17, 15) is 9.59 Å². The van der Waals surface area contributed by atoms with E-state index < -0.39 is 0 Å². The van der Waals surface area contributed by atoms with Crippen molar-refractivity contribution in [1.29, 1.82) is 0 Å². The van der Waals surface area contributed by atoms with Gasteiger partial charge in [0.1, 0.15) is 4.32 Å². The van der Waals surface area contributed by atoms with Crippen molar-refractivity contribution in [2.45, 2.75) is 38.5 Å². The monoisotopic (exact) mass is 510 g/mol. The number of benzene rings is 2. The molecule has 0 atom stereocenters. The van der Waals surface area contributed by atoms with Gasteiger partial charge in [-0.1, -0.05) is 54.7 Å². The molecule has 4 rings (SSSR count). The molecule has 0 bridgehead atoms. The highest BCUT2D eigenvalue weighted by molar-refractivity contribution is 8.26. The van der Waals surface area contributed by atoms with E-state index in [1.165, 1.54) is 17.3 Å². The molecular formula is C27H30N2O4S2. The summed E-state index contributed by atoms with van der Waals surface area (Å²) in [5.74, 6) is 1.36. The maximum atomic E-state index is 12.9. The first-order valence-corrected chi connectivity index (χ1v) is 13.1. The summed E-state index contributed by atoms with van der Waals surface area (Å²) in [5, 5.41) is 0. The summed E-state index contributed by atoms with van der Waals surface area (Å²) in [6.45, 7) is 1.35. The molecule has 0 spiro atoms. The number of anilines is 1. The average Bonchev–Trinajstić information content (AvgIpc) is 3.15. The zero-order valence-corrected chi connectivity index (χ0v) is 21.8. The van der Waals surface area contributed by atoms with Gasteiger partial charge in [0.25, 0.3) is 5.91 Å². The van der Waals surface area contributed by atoms with Gasteiger partial charge in [0.05, 0.1) is 19.1 Å². The number of thioether (sulfide) groups is 1. The van der Waals surface area contributed by atoms with Crippen LogP contribution < -0.4 is 14.4 Å². The molecule has 184 valence electrons. The van der Waals surface area contributed by atoms with Crippen LogP contribution in [0.1, 0.15) is 43.2 Å². The average molecular weight is 511 g/mol. The molecule has 0 unspecified atom stereocenters. The van der Waals surface area contributed by atoms with Crippen molar-refractivity contribution in [3.63, 3.8) is 0 Å².